The second kappa shape index (κ2) is 5.71. The SMILES string of the molecule is Fc1ccc(C=C[CH2][Hg][Cl])cc1. The summed E-state index contributed by atoms with van der Waals surface area (Å²) in [7, 11) is 5.70. The van der Waals surface area contributed by atoms with Crippen LogP contribution < -0.4 is 0 Å². The summed E-state index contributed by atoms with van der Waals surface area (Å²) in [5, 5.41) is 0. The Morgan fingerprint density at radius 1 is 1.33 bits per heavy atom. The minimum absolute atomic E-state index is 0.190. The van der Waals surface area contributed by atoms with Gasteiger partial charge in [0.2, 0.25) is 0 Å². The van der Waals surface area contributed by atoms with E-state index in [9.17, 15) is 4.39 Å². The molecule has 12 heavy (non-hydrogen) atoms. The van der Waals surface area contributed by atoms with Crippen molar-refractivity contribution in [1.29, 1.82) is 0 Å². The average Bonchev–Trinajstić information content (AvgIpc) is 2.09. The Bertz CT molecular complexity index is 256. The van der Waals surface area contributed by atoms with E-state index in [-0.39, 0.29) is 5.82 Å². The van der Waals surface area contributed by atoms with Gasteiger partial charge in [-0.15, -0.1) is 0 Å². The van der Waals surface area contributed by atoms with Crippen LogP contribution >= 0.6 is 8.25 Å². The van der Waals surface area contributed by atoms with Gasteiger partial charge in [0.05, 0.1) is 0 Å². The van der Waals surface area contributed by atoms with Gasteiger partial charge in [-0.05, 0) is 0 Å². The summed E-state index contributed by atoms with van der Waals surface area (Å²) >= 11 is -1.01. The zero-order valence-corrected chi connectivity index (χ0v) is 12.9. The van der Waals surface area contributed by atoms with Gasteiger partial charge >= 0.3 is 87.7 Å². The Morgan fingerprint density at radius 2 is 2.00 bits per heavy atom. The van der Waals surface area contributed by atoms with E-state index in [4.69, 9.17) is 8.25 Å². The van der Waals surface area contributed by atoms with Crippen molar-refractivity contribution in [3.8, 4) is 0 Å². The van der Waals surface area contributed by atoms with E-state index in [0.717, 1.165) is 9.49 Å². The van der Waals surface area contributed by atoms with Crippen LogP contribution in [-0.4, -0.2) is 0 Å². The van der Waals surface area contributed by atoms with Gasteiger partial charge in [-0.1, -0.05) is 0 Å². The van der Waals surface area contributed by atoms with Crippen molar-refractivity contribution in [3.63, 3.8) is 0 Å². The third-order valence-corrected chi connectivity index (χ3v) is 5.52. The van der Waals surface area contributed by atoms with Crippen molar-refractivity contribution >= 4 is 14.3 Å². The van der Waals surface area contributed by atoms with E-state index in [1.54, 1.807) is 12.1 Å². The third kappa shape index (κ3) is 3.68. The van der Waals surface area contributed by atoms with Crippen LogP contribution in [-0.2, 0) is 23.3 Å². The van der Waals surface area contributed by atoms with Crippen LogP contribution in [0.1, 0.15) is 5.56 Å². The number of benzene rings is 1. The van der Waals surface area contributed by atoms with Gasteiger partial charge in [-0.25, -0.2) is 0 Å². The topological polar surface area (TPSA) is 0 Å². The van der Waals surface area contributed by atoms with E-state index >= 15 is 0 Å². The van der Waals surface area contributed by atoms with Crippen LogP contribution in [0.25, 0.3) is 6.08 Å². The van der Waals surface area contributed by atoms with Crippen molar-refractivity contribution in [1.82, 2.24) is 0 Å². The summed E-state index contributed by atoms with van der Waals surface area (Å²) < 4.78 is 13.5. The zero-order chi connectivity index (χ0) is 8.81. The van der Waals surface area contributed by atoms with E-state index < -0.39 is 23.3 Å². The van der Waals surface area contributed by atoms with Crippen molar-refractivity contribution in [2.45, 2.75) is 3.93 Å². The monoisotopic (exact) mass is 372 g/mol. The quantitative estimate of drug-likeness (QED) is 0.714. The molecule has 0 aliphatic carbocycles. The molecule has 0 aliphatic rings. The minimum atomic E-state index is -1.01. The molecule has 0 atom stereocenters. The van der Waals surface area contributed by atoms with Gasteiger partial charge in [-0.3, -0.25) is 0 Å². The van der Waals surface area contributed by atoms with Crippen molar-refractivity contribution in [2.75, 3.05) is 0 Å². The van der Waals surface area contributed by atoms with Crippen molar-refractivity contribution in [3.05, 3.63) is 41.7 Å². The molecule has 0 heterocycles. The molecule has 0 fully saturated rings. The Labute approximate surface area is 87.3 Å². The maximum absolute atomic E-state index is 12.4. The van der Waals surface area contributed by atoms with E-state index in [1.165, 1.54) is 12.1 Å². The molecular weight excluding hydrogens is 363 g/mol. The molecular formula is C9H8ClFHg. The molecule has 0 radical (unpaired) electrons. The number of hydrogen-bond donors (Lipinski definition) is 0. The van der Waals surface area contributed by atoms with Crippen molar-refractivity contribution < 1.29 is 27.7 Å². The molecule has 0 N–H and O–H groups in total. The van der Waals surface area contributed by atoms with Gasteiger partial charge < -0.3 is 0 Å². The fourth-order valence-electron chi connectivity index (χ4n) is 0.856. The molecule has 1 aromatic carbocycles. The predicted octanol–water partition coefficient (Wildman–Crippen LogP) is 3.49. The number of rotatable bonds is 3. The summed E-state index contributed by atoms with van der Waals surface area (Å²) in [6.07, 6.45) is 4.06. The standard InChI is InChI=1S/C9H8F.ClH.Hg/c1-2-3-8-4-6-9(10)7-5-8;;/h2-7H,1H2;1H;/q;;+1/p-1. The first-order valence-electron chi connectivity index (χ1n) is 3.81. The van der Waals surface area contributed by atoms with Gasteiger partial charge in [0.25, 0.3) is 0 Å². The maximum atomic E-state index is 12.4. The molecule has 3 heteroatoms. The zero-order valence-electron chi connectivity index (χ0n) is 6.63. The average molecular weight is 371 g/mol. The molecule has 60 valence electrons. The molecule has 0 saturated carbocycles. The fraction of sp³-hybridized carbons (Fsp3) is 0.111. The molecule has 0 nitrogen and oxygen atoms in total. The van der Waals surface area contributed by atoms with Crippen LogP contribution in [0.15, 0.2) is 30.3 Å². The number of allylic oxidation sites excluding steroid dienone is 1. The van der Waals surface area contributed by atoms with Crippen LogP contribution in [0, 0.1) is 5.82 Å². The molecule has 1 rings (SSSR count). The summed E-state index contributed by atoms with van der Waals surface area (Å²) in [5.74, 6) is -0.190. The second-order valence-corrected chi connectivity index (χ2v) is 9.46. The first-order chi connectivity index (χ1) is 5.83. The molecule has 0 aromatic heterocycles. The third-order valence-electron chi connectivity index (χ3n) is 1.46. The van der Waals surface area contributed by atoms with Gasteiger partial charge in [0, 0.05) is 0 Å². The summed E-state index contributed by atoms with van der Waals surface area (Å²) in [4.78, 5) is 0. The number of halogens is 2. The molecule has 0 saturated heterocycles. The number of hydrogen-bond acceptors (Lipinski definition) is 0. The van der Waals surface area contributed by atoms with Gasteiger partial charge in [-0.2, -0.15) is 0 Å². The van der Waals surface area contributed by atoms with Crippen LogP contribution in [0.4, 0.5) is 4.39 Å². The summed E-state index contributed by atoms with van der Waals surface area (Å²) in [6.45, 7) is 0. The Balaban J connectivity index is 2.58. The first kappa shape index (κ1) is 10.2. The van der Waals surface area contributed by atoms with E-state index in [2.05, 4.69) is 6.08 Å². The van der Waals surface area contributed by atoms with E-state index in [0.29, 0.717) is 0 Å². The molecule has 0 bridgehead atoms. The van der Waals surface area contributed by atoms with Gasteiger partial charge in [0.1, 0.15) is 0 Å². The molecule has 0 amide bonds. The van der Waals surface area contributed by atoms with E-state index in [1.807, 2.05) is 6.08 Å². The summed E-state index contributed by atoms with van der Waals surface area (Å²) in [6, 6.07) is 6.45. The predicted molar refractivity (Wildman–Crippen MR) is 46.1 cm³/mol. The van der Waals surface area contributed by atoms with Crippen LogP contribution in [0.2, 0.25) is 3.93 Å². The van der Waals surface area contributed by atoms with Crippen LogP contribution in [0.3, 0.4) is 0 Å². The van der Waals surface area contributed by atoms with Crippen LogP contribution in [0.5, 0.6) is 0 Å². The molecule has 0 unspecified atom stereocenters. The molecule has 0 aliphatic heterocycles. The van der Waals surface area contributed by atoms with Gasteiger partial charge in [0.15, 0.2) is 0 Å². The Kier molecular flexibility index (Phi) is 4.85. The fourth-order valence-corrected chi connectivity index (χ4v) is 3.10. The van der Waals surface area contributed by atoms with Crippen molar-refractivity contribution in [2.24, 2.45) is 0 Å². The summed E-state index contributed by atoms with van der Waals surface area (Å²) in [5.41, 5.74) is 1.04. The normalized spacial score (nSPS) is 10.2. The first-order valence-corrected chi connectivity index (χ1v) is 14.5. The molecule has 1 aromatic rings. The molecule has 0 spiro atoms. The second-order valence-electron chi connectivity index (χ2n) is 2.43. The Morgan fingerprint density at radius 3 is 2.58 bits per heavy atom. The Hall–Kier alpha value is 0.115.